The van der Waals surface area contributed by atoms with Crippen molar-refractivity contribution in [1.29, 1.82) is 0 Å². The number of nitrogens with two attached hydrogens (primary N) is 1. The van der Waals surface area contributed by atoms with Crippen LogP contribution in [0.25, 0.3) is 11.3 Å². The molecule has 0 amide bonds. The second-order valence-corrected chi connectivity index (χ2v) is 8.84. The highest BCUT2D eigenvalue weighted by Crippen LogP contribution is 2.36. The molecule has 0 radical (unpaired) electrons. The van der Waals surface area contributed by atoms with E-state index in [2.05, 4.69) is 37.3 Å². The Labute approximate surface area is 177 Å². The van der Waals surface area contributed by atoms with Crippen LogP contribution < -0.4 is 16.0 Å². The molecule has 3 aliphatic heterocycles. The number of aromatic hydroxyl groups is 1. The number of para-hydroxylation sites is 1. The second kappa shape index (κ2) is 8.02. The first-order valence-corrected chi connectivity index (χ1v) is 10.9. The number of fused-ring (bicyclic) bond motifs is 2. The number of phenolic OH excluding ortho intramolecular Hbond substituents is 1. The molecule has 8 nitrogen and oxygen atoms in total. The van der Waals surface area contributed by atoms with E-state index in [1.165, 1.54) is 12.8 Å². The van der Waals surface area contributed by atoms with Crippen molar-refractivity contribution in [2.45, 2.75) is 31.0 Å². The summed E-state index contributed by atoms with van der Waals surface area (Å²) in [5, 5.41) is 22.2. The minimum absolute atomic E-state index is 0.206. The number of nitrogen functional groups attached to an aromatic ring is 1. The maximum Gasteiger partial charge on any atom is 0.169 e. The Hall–Kier alpha value is -2.42. The standard InChI is InChI=1S/C22H31N7O/c1-27-9-8-24-11-17(27)14-29-15-6-7-16(29)13-28(12-15)20-10-19(25-26-22(20)23)18-4-2-3-5-21(18)30/h2-5,10,15-17,24,30H,6-9,11-14H2,1H3,(H2,23,26). The van der Waals surface area contributed by atoms with Crippen LogP contribution in [0.3, 0.4) is 0 Å². The van der Waals surface area contributed by atoms with Crippen molar-refractivity contribution >= 4 is 11.5 Å². The highest BCUT2D eigenvalue weighted by molar-refractivity contribution is 5.74. The van der Waals surface area contributed by atoms with E-state index in [1.54, 1.807) is 12.1 Å². The van der Waals surface area contributed by atoms with Crippen LogP contribution in [-0.2, 0) is 0 Å². The van der Waals surface area contributed by atoms with Gasteiger partial charge in [-0.3, -0.25) is 9.80 Å². The minimum Gasteiger partial charge on any atom is -0.507 e. The summed E-state index contributed by atoms with van der Waals surface area (Å²) in [7, 11) is 2.24. The molecule has 0 spiro atoms. The van der Waals surface area contributed by atoms with Gasteiger partial charge in [-0.05, 0) is 38.1 Å². The van der Waals surface area contributed by atoms with Crippen LogP contribution in [0, 0.1) is 0 Å². The van der Waals surface area contributed by atoms with Gasteiger partial charge in [0.2, 0.25) is 0 Å². The van der Waals surface area contributed by atoms with Gasteiger partial charge in [-0.15, -0.1) is 10.2 Å². The van der Waals surface area contributed by atoms with Gasteiger partial charge < -0.3 is 21.1 Å². The maximum atomic E-state index is 10.2. The molecule has 8 heteroatoms. The van der Waals surface area contributed by atoms with E-state index in [4.69, 9.17) is 5.73 Å². The number of likely N-dealkylation sites (N-methyl/N-ethyl adjacent to an activating group) is 1. The fraction of sp³-hybridized carbons (Fsp3) is 0.545. The molecule has 4 heterocycles. The SMILES string of the molecule is CN1CCNCC1CN1C2CCC1CN(c1cc(-c3ccccc3O)nnc1N)C2. The van der Waals surface area contributed by atoms with E-state index >= 15 is 0 Å². The fourth-order valence-electron chi connectivity index (χ4n) is 5.26. The Balaban J connectivity index is 1.35. The lowest BCUT2D eigenvalue weighted by Gasteiger charge is -2.45. The molecule has 1 aromatic heterocycles. The Bertz CT molecular complexity index is 893. The topological polar surface area (TPSA) is 93.8 Å². The molecule has 4 N–H and O–H groups in total. The number of piperazine rings is 2. The molecule has 3 atom stereocenters. The average Bonchev–Trinajstić information content (AvgIpc) is 2.97. The molecule has 5 rings (SSSR count). The third kappa shape index (κ3) is 3.59. The number of nitrogens with zero attached hydrogens (tertiary/aromatic N) is 5. The van der Waals surface area contributed by atoms with Crippen molar-refractivity contribution in [3.8, 4) is 17.0 Å². The fourth-order valence-corrected chi connectivity index (χ4v) is 5.26. The zero-order valence-electron chi connectivity index (χ0n) is 17.5. The van der Waals surface area contributed by atoms with E-state index in [0.717, 1.165) is 45.0 Å². The van der Waals surface area contributed by atoms with Crippen molar-refractivity contribution in [3.63, 3.8) is 0 Å². The van der Waals surface area contributed by atoms with Crippen molar-refractivity contribution in [1.82, 2.24) is 25.3 Å². The van der Waals surface area contributed by atoms with E-state index in [9.17, 15) is 5.11 Å². The largest absolute Gasteiger partial charge is 0.507 e. The first-order chi connectivity index (χ1) is 14.6. The number of aromatic nitrogens is 2. The normalized spacial score (nSPS) is 27.5. The van der Waals surface area contributed by atoms with Gasteiger partial charge in [0.25, 0.3) is 0 Å². The lowest BCUT2D eigenvalue weighted by atomic mass is 10.1. The van der Waals surface area contributed by atoms with Gasteiger partial charge in [0.1, 0.15) is 5.75 Å². The summed E-state index contributed by atoms with van der Waals surface area (Å²) in [6.45, 7) is 6.31. The zero-order valence-corrected chi connectivity index (χ0v) is 17.5. The summed E-state index contributed by atoms with van der Waals surface area (Å²) in [5.41, 5.74) is 8.51. The molecule has 30 heavy (non-hydrogen) atoms. The summed E-state index contributed by atoms with van der Waals surface area (Å²) in [5.74, 6) is 0.663. The summed E-state index contributed by atoms with van der Waals surface area (Å²) < 4.78 is 0. The minimum atomic E-state index is 0.206. The highest BCUT2D eigenvalue weighted by Gasteiger charge is 2.41. The van der Waals surface area contributed by atoms with Crippen molar-refractivity contribution in [2.24, 2.45) is 0 Å². The third-order valence-electron chi connectivity index (χ3n) is 7.02. The number of rotatable bonds is 4. The first kappa shape index (κ1) is 19.5. The van der Waals surface area contributed by atoms with Gasteiger partial charge in [0.05, 0.1) is 11.4 Å². The number of anilines is 2. The van der Waals surface area contributed by atoms with Gasteiger partial charge in [0, 0.05) is 63.0 Å². The van der Waals surface area contributed by atoms with E-state index < -0.39 is 0 Å². The van der Waals surface area contributed by atoms with Crippen molar-refractivity contribution < 1.29 is 5.11 Å². The van der Waals surface area contributed by atoms with Crippen LogP contribution in [0.5, 0.6) is 5.75 Å². The smallest absolute Gasteiger partial charge is 0.169 e. The monoisotopic (exact) mass is 409 g/mol. The van der Waals surface area contributed by atoms with Crippen molar-refractivity contribution in [2.75, 3.05) is 56.9 Å². The quantitative estimate of drug-likeness (QED) is 0.688. The summed E-state index contributed by atoms with van der Waals surface area (Å²) in [6.07, 6.45) is 2.46. The Kier molecular flexibility index (Phi) is 5.22. The van der Waals surface area contributed by atoms with Crippen LogP contribution in [0.15, 0.2) is 30.3 Å². The molecule has 0 aliphatic carbocycles. The highest BCUT2D eigenvalue weighted by atomic mass is 16.3. The molecule has 3 aliphatic rings. The molecule has 3 unspecified atom stereocenters. The average molecular weight is 410 g/mol. The molecule has 0 saturated carbocycles. The van der Waals surface area contributed by atoms with E-state index in [0.29, 0.717) is 35.2 Å². The molecule has 160 valence electrons. The molecular weight excluding hydrogens is 378 g/mol. The molecule has 1 aromatic carbocycles. The Morgan fingerprint density at radius 1 is 1.17 bits per heavy atom. The molecule has 2 bridgehead atoms. The van der Waals surface area contributed by atoms with Crippen LogP contribution in [0.1, 0.15) is 12.8 Å². The third-order valence-corrected chi connectivity index (χ3v) is 7.02. The van der Waals surface area contributed by atoms with E-state index in [-0.39, 0.29) is 5.75 Å². The predicted molar refractivity (Wildman–Crippen MR) is 119 cm³/mol. The van der Waals surface area contributed by atoms with Gasteiger partial charge in [-0.1, -0.05) is 12.1 Å². The zero-order chi connectivity index (χ0) is 20.7. The van der Waals surface area contributed by atoms with Crippen LogP contribution >= 0.6 is 0 Å². The van der Waals surface area contributed by atoms with E-state index in [1.807, 2.05) is 18.2 Å². The van der Waals surface area contributed by atoms with Crippen LogP contribution in [-0.4, -0.2) is 89.5 Å². The first-order valence-electron chi connectivity index (χ1n) is 10.9. The van der Waals surface area contributed by atoms with Gasteiger partial charge in [-0.25, -0.2) is 0 Å². The van der Waals surface area contributed by atoms with Gasteiger partial charge >= 0.3 is 0 Å². The number of hydrogen-bond acceptors (Lipinski definition) is 8. The van der Waals surface area contributed by atoms with Gasteiger partial charge in [-0.2, -0.15) is 0 Å². The molecule has 3 saturated heterocycles. The summed E-state index contributed by atoms with van der Waals surface area (Å²) in [6, 6.07) is 10.9. The Morgan fingerprint density at radius 3 is 2.67 bits per heavy atom. The number of phenols is 1. The number of benzene rings is 1. The molecular formula is C22H31N7O. The molecule has 2 aromatic rings. The summed E-state index contributed by atoms with van der Waals surface area (Å²) >= 11 is 0. The number of nitrogens with one attached hydrogen (secondary N) is 1. The number of hydrogen-bond donors (Lipinski definition) is 3. The van der Waals surface area contributed by atoms with Crippen molar-refractivity contribution in [3.05, 3.63) is 30.3 Å². The predicted octanol–water partition coefficient (Wildman–Crippen LogP) is 0.988. The lowest BCUT2D eigenvalue weighted by molar-refractivity contribution is 0.0970. The van der Waals surface area contributed by atoms with Crippen LogP contribution in [0.4, 0.5) is 11.5 Å². The van der Waals surface area contributed by atoms with Gasteiger partial charge in [0.15, 0.2) is 5.82 Å². The molecule has 3 fully saturated rings. The second-order valence-electron chi connectivity index (χ2n) is 8.84. The van der Waals surface area contributed by atoms with Crippen LogP contribution in [0.2, 0.25) is 0 Å². The summed E-state index contributed by atoms with van der Waals surface area (Å²) in [4.78, 5) is 7.58. The maximum absolute atomic E-state index is 10.2. The lowest BCUT2D eigenvalue weighted by Crippen LogP contribution is -2.60. The Morgan fingerprint density at radius 2 is 1.93 bits per heavy atom.